The number of hydrogen-bond donors (Lipinski definition) is 2. The van der Waals surface area contributed by atoms with E-state index in [-0.39, 0.29) is 34.5 Å². The molecule has 3 saturated heterocycles. The van der Waals surface area contributed by atoms with E-state index >= 15 is 0 Å². The molecule has 268 valence electrons. The van der Waals surface area contributed by atoms with Gasteiger partial charge in [0.2, 0.25) is 12.4 Å². The minimum absolute atomic E-state index is 0.0181. The normalized spacial score (nSPS) is 19.3. The van der Waals surface area contributed by atoms with Gasteiger partial charge in [0, 0.05) is 40.8 Å². The van der Waals surface area contributed by atoms with Gasteiger partial charge in [-0.15, -0.1) is 0 Å². The van der Waals surface area contributed by atoms with Crippen molar-refractivity contribution < 1.29 is 38.8 Å². The highest BCUT2D eigenvalue weighted by atomic mass is 35.5. The molecule has 0 saturated carbocycles. The predicted octanol–water partition coefficient (Wildman–Crippen LogP) is 4.99. The molecular formula is C39H41Cl2N3O7. The molecule has 3 aromatic carbocycles. The Bertz CT molecular complexity index is 1840. The van der Waals surface area contributed by atoms with Gasteiger partial charge in [0.1, 0.15) is 16.1 Å². The van der Waals surface area contributed by atoms with Gasteiger partial charge in [0.05, 0.1) is 26.8 Å². The van der Waals surface area contributed by atoms with E-state index in [1.54, 1.807) is 24.3 Å². The lowest BCUT2D eigenvalue weighted by molar-refractivity contribution is -0.904. The second kappa shape index (κ2) is 16.3. The average molecular weight is 735 g/mol. The summed E-state index contributed by atoms with van der Waals surface area (Å²) in [5, 5.41) is 26.4. The van der Waals surface area contributed by atoms with E-state index in [1.165, 1.54) is 32.7 Å². The molecule has 3 fully saturated rings. The predicted molar refractivity (Wildman–Crippen MR) is 189 cm³/mol. The maximum atomic E-state index is 13.7. The molecule has 51 heavy (non-hydrogen) atoms. The number of halogens is 2. The zero-order valence-corrected chi connectivity index (χ0v) is 30.0. The van der Waals surface area contributed by atoms with Crippen LogP contribution in [0.1, 0.15) is 63.0 Å². The molecular weight excluding hydrogens is 693 g/mol. The minimum atomic E-state index is -1.35. The minimum Gasteiger partial charge on any atom is -0.545 e. The van der Waals surface area contributed by atoms with Gasteiger partial charge in [0.25, 0.3) is 0 Å². The highest BCUT2D eigenvalue weighted by molar-refractivity contribution is 6.35. The Morgan fingerprint density at radius 1 is 0.961 bits per heavy atom. The van der Waals surface area contributed by atoms with Gasteiger partial charge in [-0.1, -0.05) is 77.8 Å². The monoisotopic (exact) mass is 733 g/mol. The fourth-order valence-electron chi connectivity index (χ4n) is 7.36. The van der Waals surface area contributed by atoms with E-state index in [9.17, 15) is 19.9 Å². The zero-order chi connectivity index (χ0) is 36.1. The number of aromatic nitrogens is 1. The van der Waals surface area contributed by atoms with Crippen LogP contribution in [0.4, 0.5) is 0 Å². The number of esters is 1. The maximum Gasteiger partial charge on any atom is 0.327 e. The van der Waals surface area contributed by atoms with Gasteiger partial charge in [0.15, 0.2) is 11.5 Å². The molecule has 3 atom stereocenters. The summed E-state index contributed by atoms with van der Waals surface area (Å²) in [6.07, 6.45) is 5.08. The van der Waals surface area contributed by atoms with Gasteiger partial charge >= 0.3 is 5.97 Å². The highest BCUT2D eigenvalue weighted by Crippen LogP contribution is 2.39. The van der Waals surface area contributed by atoms with Crippen LogP contribution in [0.5, 0.6) is 11.5 Å². The molecule has 0 amide bonds. The maximum absolute atomic E-state index is 13.7. The average Bonchev–Trinajstić information content (AvgIpc) is 3.14. The first-order valence-corrected chi connectivity index (χ1v) is 17.7. The molecule has 0 aliphatic carbocycles. The van der Waals surface area contributed by atoms with Crippen molar-refractivity contribution in [3.63, 3.8) is 0 Å². The van der Waals surface area contributed by atoms with Crippen molar-refractivity contribution in [3.05, 3.63) is 123 Å². The molecule has 4 aromatic rings. The van der Waals surface area contributed by atoms with Crippen LogP contribution in [0.15, 0.2) is 79.1 Å². The van der Waals surface area contributed by atoms with Gasteiger partial charge < -0.3 is 29.0 Å². The highest BCUT2D eigenvalue weighted by Gasteiger charge is 2.35. The topological polar surface area (TPSA) is 124 Å². The number of nitrogens with one attached hydrogen (secondary N) is 1. The first-order chi connectivity index (χ1) is 24.6. The lowest BCUT2D eigenvalue weighted by Gasteiger charge is -2.44. The van der Waals surface area contributed by atoms with E-state index in [0.29, 0.717) is 46.6 Å². The van der Waals surface area contributed by atoms with Crippen LogP contribution in [0.2, 0.25) is 10.0 Å². The van der Waals surface area contributed by atoms with Crippen molar-refractivity contribution >= 4 is 35.1 Å². The van der Waals surface area contributed by atoms with Crippen LogP contribution < -0.4 is 24.6 Å². The van der Waals surface area contributed by atoms with E-state index in [1.807, 2.05) is 36.4 Å². The Labute approximate surface area is 307 Å². The fraction of sp³-hybridized carbons (Fsp3) is 0.359. The summed E-state index contributed by atoms with van der Waals surface area (Å²) in [5.41, 5.74) is 3.12. The Kier molecular flexibility index (Phi) is 11.7. The lowest BCUT2D eigenvalue weighted by atomic mass is 9.79. The summed E-state index contributed by atoms with van der Waals surface area (Å²) in [5.74, 6) is -0.464. The van der Waals surface area contributed by atoms with Crippen molar-refractivity contribution in [2.45, 2.75) is 37.8 Å². The number of hydrogen-bond acceptors (Lipinski definition) is 9. The number of methoxy groups -OCH3 is 2. The van der Waals surface area contributed by atoms with Crippen LogP contribution in [0.3, 0.4) is 0 Å². The Hall–Kier alpha value is -4.35. The Morgan fingerprint density at radius 2 is 1.67 bits per heavy atom. The number of carbonyl (C=O) groups excluding carboxylic acids is 2. The molecule has 0 radical (unpaired) electrons. The molecule has 10 nitrogen and oxygen atoms in total. The van der Waals surface area contributed by atoms with Crippen LogP contribution in [0, 0.1) is 11.8 Å². The molecule has 1 aromatic heterocycles. The van der Waals surface area contributed by atoms with Gasteiger partial charge in [-0.05, 0) is 72.7 Å². The van der Waals surface area contributed by atoms with Gasteiger partial charge in [-0.3, -0.25) is 10.5 Å². The largest absolute Gasteiger partial charge is 0.545 e. The summed E-state index contributed by atoms with van der Waals surface area (Å²) in [6, 6.07) is 19.0. The molecule has 3 aliphatic rings. The standard InChI is InChI=1S/C39H41Cl2N3O7/c1-49-35-11-9-27(17-36(35)50-2)30(18-32-33(40)21-44(48)22-34(32)41)31-16-24(8-10-29(31)38(45)46)19-42-37(26-6-4-3-5-7-26)39(47)51-23-28-20-43-14-12-25(28)13-15-43/h3-11,16-17,21-22,25,28,30,37,42H,12-15,18-20,23H2,1-2H3,(H-,45,46,48)/t28-,30-,37?/m0/s1. The van der Waals surface area contributed by atoms with Crippen LogP contribution in [-0.2, 0) is 22.5 Å². The number of carboxylic acid groups (broad SMARTS) is 1. The number of pyridine rings is 1. The first kappa shape index (κ1) is 36.4. The number of ether oxygens (including phenoxy) is 3. The number of carboxylic acids is 1. The van der Waals surface area contributed by atoms with Crippen molar-refractivity contribution in [3.8, 4) is 11.5 Å². The van der Waals surface area contributed by atoms with E-state index in [4.69, 9.17) is 37.4 Å². The summed E-state index contributed by atoms with van der Waals surface area (Å²) in [6.45, 7) is 3.79. The van der Waals surface area contributed by atoms with Crippen LogP contribution in [-0.4, -0.2) is 62.5 Å². The molecule has 4 heterocycles. The van der Waals surface area contributed by atoms with Crippen molar-refractivity contribution in [1.29, 1.82) is 0 Å². The molecule has 0 spiro atoms. The summed E-state index contributed by atoms with van der Waals surface area (Å²) < 4.78 is 17.8. The molecule has 7 rings (SSSR count). The Morgan fingerprint density at radius 3 is 2.29 bits per heavy atom. The number of benzene rings is 3. The third-order valence-corrected chi connectivity index (χ3v) is 10.8. The van der Waals surface area contributed by atoms with E-state index < -0.39 is 17.9 Å². The van der Waals surface area contributed by atoms with Gasteiger partial charge in [-0.25, -0.2) is 4.79 Å². The third kappa shape index (κ3) is 8.42. The second-order valence-electron chi connectivity index (χ2n) is 13.1. The zero-order valence-electron chi connectivity index (χ0n) is 28.5. The molecule has 3 aliphatic heterocycles. The number of piperidine rings is 3. The molecule has 2 N–H and O–H groups in total. The summed E-state index contributed by atoms with van der Waals surface area (Å²) in [7, 11) is 3.05. The van der Waals surface area contributed by atoms with E-state index in [0.717, 1.165) is 48.3 Å². The summed E-state index contributed by atoms with van der Waals surface area (Å²) in [4.78, 5) is 28.7. The van der Waals surface area contributed by atoms with E-state index in [2.05, 4.69) is 10.2 Å². The van der Waals surface area contributed by atoms with Crippen molar-refractivity contribution in [1.82, 2.24) is 10.2 Å². The molecule has 2 bridgehead atoms. The lowest BCUT2D eigenvalue weighted by Crippen LogP contribution is -2.49. The van der Waals surface area contributed by atoms with Crippen molar-refractivity contribution in [2.75, 3.05) is 40.5 Å². The third-order valence-electron chi connectivity index (χ3n) is 10.1. The Balaban J connectivity index is 1.32. The molecule has 12 heteroatoms. The van der Waals surface area contributed by atoms with Crippen LogP contribution in [0.25, 0.3) is 0 Å². The smallest absolute Gasteiger partial charge is 0.327 e. The molecule has 1 unspecified atom stereocenters. The fourth-order valence-corrected chi connectivity index (χ4v) is 7.97. The number of aromatic carboxylic acids is 1. The van der Waals surface area contributed by atoms with Gasteiger partial charge in [-0.2, -0.15) is 0 Å². The number of rotatable bonds is 14. The quantitative estimate of drug-likeness (QED) is 0.105. The first-order valence-electron chi connectivity index (χ1n) is 17.0. The SMILES string of the molecule is COc1ccc([C@H](Cc2c(Cl)c[n+](O)cc2Cl)c2cc(CNC(C(=O)OC[C@@H]3CN4CCC3CC4)c3ccccc3)ccc2C(=O)[O-])cc1OC. The summed E-state index contributed by atoms with van der Waals surface area (Å²) >= 11 is 13.1. The number of fused-ring (bicyclic) bond motifs is 3. The van der Waals surface area contributed by atoms with Crippen LogP contribution >= 0.6 is 23.2 Å². The number of carbonyl (C=O) groups is 2. The number of nitrogens with zero attached hydrogens (tertiary/aromatic N) is 2. The second-order valence-corrected chi connectivity index (χ2v) is 14.0. The van der Waals surface area contributed by atoms with Crippen molar-refractivity contribution in [2.24, 2.45) is 11.8 Å².